The first-order valence-electron chi connectivity index (χ1n) is 4.58. The zero-order chi connectivity index (χ0) is 9.76. The molecule has 0 amide bonds. The first-order chi connectivity index (χ1) is 6.69. The molecule has 74 valence electrons. The maximum absolute atomic E-state index is 13.4. The van der Waals surface area contributed by atoms with Gasteiger partial charge in [-0.1, -0.05) is 0 Å². The highest BCUT2D eigenvalue weighted by Gasteiger charge is 2.41. The van der Waals surface area contributed by atoms with Gasteiger partial charge in [0.05, 0.1) is 0 Å². The minimum absolute atomic E-state index is 0.0906. The van der Waals surface area contributed by atoms with Crippen LogP contribution in [0.1, 0.15) is 18.4 Å². The highest BCUT2D eigenvalue weighted by molar-refractivity contribution is 5.48. The average Bonchev–Trinajstić information content (AvgIpc) is 2.75. The van der Waals surface area contributed by atoms with Crippen LogP contribution in [0.4, 0.5) is 4.39 Å². The smallest absolute Gasteiger partial charge is 0.231 e. The van der Waals surface area contributed by atoms with E-state index in [1.807, 2.05) is 0 Å². The highest BCUT2D eigenvalue weighted by atomic mass is 19.1. The molecule has 0 unspecified atom stereocenters. The van der Waals surface area contributed by atoms with Gasteiger partial charge in [-0.25, -0.2) is 4.39 Å². The summed E-state index contributed by atoms with van der Waals surface area (Å²) in [7, 11) is 0. The standard InChI is InChI=1S/C10H10FNO2/c11-7-3-6(10(12)1-2-10)4-8-9(7)14-5-13-8/h3-4H,1-2,5,12H2. The van der Waals surface area contributed by atoms with Crippen molar-refractivity contribution in [3.05, 3.63) is 23.5 Å². The number of hydrogen-bond donors (Lipinski definition) is 1. The lowest BCUT2D eigenvalue weighted by Crippen LogP contribution is -2.18. The van der Waals surface area contributed by atoms with Crippen LogP contribution in [0.5, 0.6) is 11.5 Å². The van der Waals surface area contributed by atoms with Crippen molar-refractivity contribution in [1.29, 1.82) is 0 Å². The van der Waals surface area contributed by atoms with E-state index in [-0.39, 0.29) is 23.9 Å². The number of fused-ring (bicyclic) bond motifs is 1. The van der Waals surface area contributed by atoms with Crippen LogP contribution >= 0.6 is 0 Å². The van der Waals surface area contributed by atoms with Gasteiger partial charge in [0, 0.05) is 5.54 Å². The summed E-state index contributed by atoms with van der Waals surface area (Å²) in [4.78, 5) is 0. The van der Waals surface area contributed by atoms with Crippen molar-refractivity contribution in [2.24, 2.45) is 5.73 Å². The van der Waals surface area contributed by atoms with Gasteiger partial charge in [0.15, 0.2) is 11.6 Å². The molecule has 1 heterocycles. The fourth-order valence-electron chi connectivity index (χ4n) is 1.68. The summed E-state index contributed by atoms with van der Waals surface area (Å²) in [5.41, 5.74) is 6.44. The first kappa shape index (κ1) is 8.05. The molecular weight excluding hydrogens is 185 g/mol. The van der Waals surface area contributed by atoms with Crippen LogP contribution in [-0.4, -0.2) is 6.79 Å². The maximum atomic E-state index is 13.4. The van der Waals surface area contributed by atoms with Gasteiger partial charge in [0.2, 0.25) is 12.5 Å². The van der Waals surface area contributed by atoms with Crippen molar-refractivity contribution in [2.75, 3.05) is 6.79 Å². The molecule has 1 aliphatic heterocycles. The lowest BCUT2D eigenvalue weighted by Gasteiger charge is -2.09. The highest BCUT2D eigenvalue weighted by Crippen LogP contribution is 2.46. The molecule has 0 bridgehead atoms. The van der Waals surface area contributed by atoms with Crippen LogP contribution < -0.4 is 15.2 Å². The van der Waals surface area contributed by atoms with Crippen LogP contribution in [0.3, 0.4) is 0 Å². The Labute approximate surface area is 80.6 Å². The molecule has 1 aliphatic carbocycles. The van der Waals surface area contributed by atoms with E-state index in [1.54, 1.807) is 6.07 Å². The molecule has 0 atom stereocenters. The maximum Gasteiger partial charge on any atom is 0.231 e. The molecule has 0 saturated heterocycles. The fourth-order valence-corrected chi connectivity index (χ4v) is 1.68. The van der Waals surface area contributed by atoms with Crippen molar-refractivity contribution in [2.45, 2.75) is 18.4 Å². The van der Waals surface area contributed by atoms with Gasteiger partial charge in [0.25, 0.3) is 0 Å². The van der Waals surface area contributed by atoms with E-state index in [4.69, 9.17) is 15.2 Å². The van der Waals surface area contributed by atoms with Crippen molar-refractivity contribution < 1.29 is 13.9 Å². The Kier molecular flexibility index (Phi) is 1.37. The van der Waals surface area contributed by atoms with E-state index >= 15 is 0 Å². The number of ether oxygens (including phenoxy) is 2. The molecule has 0 aromatic heterocycles. The van der Waals surface area contributed by atoms with E-state index in [9.17, 15) is 4.39 Å². The number of hydrogen-bond acceptors (Lipinski definition) is 3. The predicted octanol–water partition coefficient (Wildman–Crippen LogP) is 1.50. The zero-order valence-corrected chi connectivity index (χ0v) is 7.55. The Morgan fingerprint density at radius 3 is 2.79 bits per heavy atom. The molecule has 1 aromatic carbocycles. The normalized spacial score (nSPS) is 21.0. The van der Waals surface area contributed by atoms with E-state index in [1.165, 1.54) is 6.07 Å². The molecule has 14 heavy (non-hydrogen) atoms. The minimum Gasteiger partial charge on any atom is -0.453 e. The summed E-state index contributed by atoms with van der Waals surface area (Å²) in [5, 5.41) is 0. The van der Waals surface area contributed by atoms with E-state index in [0.717, 1.165) is 18.4 Å². The third-order valence-corrected chi connectivity index (χ3v) is 2.79. The number of rotatable bonds is 1. The molecule has 3 nitrogen and oxygen atoms in total. The van der Waals surface area contributed by atoms with Crippen LogP contribution in [0.25, 0.3) is 0 Å². The second kappa shape index (κ2) is 2.39. The Bertz CT molecular complexity index is 401. The number of benzene rings is 1. The third kappa shape index (κ3) is 1.00. The molecule has 4 heteroatoms. The monoisotopic (exact) mass is 195 g/mol. The van der Waals surface area contributed by atoms with Crippen molar-refractivity contribution in [3.8, 4) is 11.5 Å². The van der Waals surface area contributed by atoms with Crippen molar-refractivity contribution in [1.82, 2.24) is 0 Å². The Balaban J connectivity index is 2.12. The number of halogens is 1. The summed E-state index contributed by atoms with van der Waals surface area (Å²) >= 11 is 0. The topological polar surface area (TPSA) is 44.5 Å². The summed E-state index contributed by atoms with van der Waals surface area (Å²) in [6.07, 6.45) is 1.82. The minimum atomic E-state index is -0.383. The van der Waals surface area contributed by atoms with Gasteiger partial charge in [-0.2, -0.15) is 0 Å². The van der Waals surface area contributed by atoms with E-state index < -0.39 is 0 Å². The van der Waals surface area contributed by atoms with Gasteiger partial charge in [-0.15, -0.1) is 0 Å². The summed E-state index contributed by atoms with van der Waals surface area (Å²) in [6.45, 7) is 0.0906. The number of nitrogens with two attached hydrogens (primary N) is 1. The Morgan fingerprint density at radius 1 is 1.29 bits per heavy atom. The Hall–Kier alpha value is -1.29. The van der Waals surface area contributed by atoms with Gasteiger partial charge in [-0.05, 0) is 30.5 Å². The lowest BCUT2D eigenvalue weighted by atomic mass is 10.1. The summed E-state index contributed by atoms with van der Waals surface area (Å²) in [5.74, 6) is 0.293. The molecule has 0 spiro atoms. The van der Waals surface area contributed by atoms with Crippen LogP contribution in [0.15, 0.2) is 12.1 Å². The quantitative estimate of drug-likeness (QED) is 0.738. The van der Waals surface area contributed by atoms with Gasteiger partial charge in [0.1, 0.15) is 0 Å². The molecular formula is C10H10FNO2. The van der Waals surface area contributed by atoms with Gasteiger partial charge in [-0.3, -0.25) is 0 Å². The molecule has 3 rings (SSSR count). The largest absolute Gasteiger partial charge is 0.453 e. The zero-order valence-electron chi connectivity index (χ0n) is 7.55. The van der Waals surface area contributed by atoms with Crippen LogP contribution in [-0.2, 0) is 5.54 Å². The second-order valence-electron chi connectivity index (χ2n) is 3.85. The second-order valence-corrected chi connectivity index (χ2v) is 3.85. The van der Waals surface area contributed by atoms with Crippen LogP contribution in [0, 0.1) is 5.82 Å². The predicted molar refractivity (Wildman–Crippen MR) is 47.6 cm³/mol. The molecule has 1 aromatic rings. The van der Waals surface area contributed by atoms with Gasteiger partial charge >= 0.3 is 0 Å². The molecule has 1 saturated carbocycles. The van der Waals surface area contributed by atoms with Gasteiger partial charge < -0.3 is 15.2 Å². The van der Waals surface area contributed by atoms with E-state index in [0.29, 0.717) is 5.75 Å². The molecule has 2 N–H and O–H groups in total. The first-order valence-corrected chi connectivity index (χ1v) is 4.58. The summed E-state index contributed by atoms with van der Waals surface area (Å²) < 4.78 is 23.6. The SMILES string of the molecule is NC1(c2cc(F)c3c(c2)OCO3)CC1. The van der Waals surface area contributed by atoms with Crippen LogP contribution in [0.2, 0.25) is 0 Å². The molecule has 2 aliphatic rings. The Morgan fingerprint density at radius 2 is 2.07 bits per heavy atom. The van der Waals surface area contributed by atoms with Crippen molar-refractivity contribution >= 4 is 0 Å². The van der Waals surface area contributed by atoms with E-state index in [2.05, 4.69) is 0 Å². The fraction of sp³-hybridized carbons (Fsp3) is 0.400. The molecule has 1 fully saturated rings. The molecule has 0 radical (unpaired) electrons. The van der Waals surface area contributed by atoms with Crippen molar-refractivity contribution in [3.63, 3.8) is 0 Å². The third-order valence-electron chi connectivity index (χ3n) is 2.79. The lowest BCUT2D eigenvalue weighted by molar-refractivity contribution is 0.171. The average molecular weight is 195 g/mol. The summed E-state index contributed by atoms with van der Waals surface area (Å²) in [6, 6.07) is 3.22.